The van der Waals surface area contributed by atoms with Crippen LogP contribution in [0.1, 0.15) is 82.5 Å². The third kappa shape index (κ3) is 3.37. The van der Waals surface area contributed by atoms with Crippen molar-refractivity contribution < 1.29 is 4.79 Å². The van der Waals surface area contributed by atoms with E-state index in [1.807, 2.05) is 0 Å². The number of nitrogens with one attached hydrogen (secondary N) is 1. The fourth-order valence-corrected chi connectivity index (χ4v) is 8.31. The van der Waals surface area contributed by atoms with Crippen LogP contribution < -0.4 is 5.43 Å². The van der Waals surface area contributed by atoms with Crippen molar-refractivity contribution in [3.05, 3.63) is 42.2 Å². The summed E-state index contributed by atoms with van der Waals surface area (Å²) in [6.07, 6.45) is 18.8. The molecule has 0 radical (unpaired) electrons. The van der Waals surface area contributed by atoms with E-state index >= 15 is 0 Å². The topological polar surface area (TPSA) is 54.4 Å². The SMILES string of the molecule is C/C(=N/NC(=O)c1ccncc1)[C@@H]1CC[C@@H]2[C@H]3CC[C@@H]4CC=CC[C@]4(C)[C@@H]3CC[C@@]21C. The highest BCUT2D eigenvalue weighted by atomic mass is 16.2. The van der Waals surface area contributed by atoms with E-state index in [-0.39, 0.29) is 5.91 Å². The minimum Gasteiger partial charge on any atom is -0.267 e. The summed E-state index contributed by atoms with van der Waals surface area (Å²) in [6.45, 7) is 7.26. The van der Waals surface area contributed by atoms with Gasteiger partial charge in [0.25, 0.3) is 5.91 Å². The van der Waals surface area contributed by atoms with Gasteiger partial charge in [0, 0.05) is 29.6 Å². The van der Waals surface area contributed by atoms with Crippen LogP contribution in [0.4, 0.5) is 0 Å². The number of hydrogen-bond acceptors (Lipinski definition) is 3. The summed E-state index contributed by atoms with van der Waals surface area (Å²) < 4.78 is 0. The monoisotopic (exact) mass is 419 g/mol. The second kappa shape index (κ2) is 7.86. The Morgan fingerprint density at radius 3 is 2.61 bits per heavy atom. The van der Waals surface area contributed by atoms with Crippen LogP contribution in [0, 0.1) is 40.4 Å². The van der Waals surface area contributed by atoms with E-state index in [1.54, 1.807) is 24.5 Å². The van der Waals surface area contributed by atoms with Gasteiger partial charge in [-0.2, -0.15) is 5.10 Å². The molecule has 1 N–H and O–H groups in total. The third-order valence-electron chi connectivity index (χ3n) is 9.99. The molecule has 0 bridgehead atoms. The summed E-state index contributed by atoms with van der Waals surface area (Å²) in [5, 5.41) is 4.59. The average Bonchev–Trinajstić information content (AvgIpc) is 3.14. The van der Waals surface area contributed by atoms with Gasteiger partial charge in [-0.15, -0.1) is 0 Å². The van der Waals surface area contributed by atoms with E-state index in [4.69, 9.17) is 0 Å². The fraction of sp³-hybridized carbons (Fsp3) is 0.667. The Balaban J connectivity index is 1.32. The van der Waals surface area contributed by atoms with Gasteiger partial charge in [0.05, 0.1) is 0 Å². The quantitative estimate of drug-likeness (QED) is 0.370. The van der Waals surface area contributed by atoms with Crippen LogP contribution in [-0.2, 0) is 0 Å². The molecule has 1 amide bonds. The van der Waals surface area contributed by atoms with Crippen LogP contribution in [0.3, 0.4) is 0 Å². The van der Waals surface area contributed by atoms with Crippen LogP contribution in [-0.4, -0.2) is 16.6 Å². The molecule has 1 aromatic rings. The Hall–Kier alpha value is -1.97. The highest BCUT2D eigenvalue weighted by Crippen LogP contribution is 2.67. The average molecular weight is 420 g/mol. The number of carbonyl (C=O) groups is 1. The lowest BCUT2D eigenvalue weighted by Crippen LogP contribution is -2.52. The predicted molar refractivity (Wildman–Crippen MR) is 125 cm³/mol. The molecule has 0 aromatic carbocycles. The maximum Gasteiger partial charge on any atom is 0.271 e. The van der Waals surface area contributed by atoms with Gasteiger partial charge in [0.15, 0.2) is 0 Å². The zero-order chi connectivity index (χ0) is 21.6. The normalized spacial score (nSPS) is 41.8. The number of pyridine rings is 1. The van der Waals surface area contributed by atoms with Crippen molar-refractivity contribution in [2.45, 2.75) is 72.1 Å². The first-order valence-electron chi connectivity index (χ1n) is 12.3. The highest BCUT2D eigenvalue weighted by molar-refractivity contribution is 5.95. The fourth-order valence-electron chi connectivity index (χ4n) is 8.31. The van der Waals surface area contributed by atoms with Gasteiger partial charge in [-0.1, -0.05) is 26.0 Å². The van der Waals surface area contributed by atoms with E-state index < -0.39 is 0 Å². The van der Waals surface area contributed by atoms with Gasteiger partial charge in [0.1, 0.15) is 0 Å². The Bertz CT molecular complexity index is 893. The Morgan fingerprint density at radius 2 is 1.81 bits per heavy atom. The summed E-state index contributed by atoms with van der Waals surface area (Å²) in [7, 11) is 0. The van der Waals surface area contributed by atoms with Gasteiger partial charge >= 0.3 is 0 Å². The molecular weight excluding hydrogens is 382 g/mol. The van der Waals surface area contributed by atoms with Crippen molar-refractivity contribution in [3.63, 3.8) is 0 Å². The molecule has 4 aliphatic carbocycles. The van der Waals surface area contributed by atoms with Crippen molar-refractivity contribution in [1.29, 1.82) is 0 Å². The molecule has 166 valence electrons. The maximum atomic E-state index is 12.4. The van der Waals surface area contributed by atoms with E-state index in [9.17, 15) is 4.79 Å². The van der Waals surface area contributed by atoms with Crippen LogP contribution >= 0.6 is 0 Å². The number of allylic oxidation sites excluding steroid dienone is 2. The second-order valence-electron chi connectivity index (χ2n) is 11.2. The van der Waals surface area contributed by atoms with Crippen molar-refractivity contribution in [2.24, 2.45) is 45.5 Å². The smallest absolute Gasteiger partial charge is 0.267 e. The van der Waals surface area contributed by atoms with E-state index in [1.165, 1.54) is 51.4 Å². The molecule has 7 atom stereocenters. The maximum absolute atomic E-state index is 12.4. The zero-order valence-electron chi connectivity index (χ0n) is 19.3. The van der Waals surface area contributed by atoms with Gasteiger partial charge < -0.3 is 0 Å². The summed E-state index contributed by atoms with van der Waals surface area (Å²) >= 11 is 0. The second-order valence-corrected chi connectivity index (χ2v) is 11.2. The van der Waals surface area contributed by atoms with E-state index in [2.05, 4.69) is 48.4 Å². The molecule has 31 heavy (non-hydrogen) atoms. The largest absolute Gasteiger partial charge is 0.271 e. The molecule has 0 unspecified atom stereocenters. The van der Waals surface area contributed by atoms with Gasteiger partial charge in [-0.05, 0) is 105 Å². The number of carbonyl (C=O) groups excluding carboxylic acids is 1. The molecule has 1 heterocycles. The van der Waals surface area contributed by atoms with E-state index in [0.29, 0.717) is 22.3 Å². The predicted octanol–water partition coefficient (Wildman–Crippen LogP) is 6.01. The molecule has 5 rings (SSSR count). The molecule has 0 aliphatic heterocycles. The van der Waals surface area contributed by atoms with Crippen LogP contribution in [0.25, 0.3) is 0 Å². The molecule has 0 spiro atoms. The molecule has 3 fully saturated rings. The molecular formula is C27H37N3O. The standard InChI is InChI=1S/C27H37N3O/c1-18(29-30-25(31)19-12-16-28-17-13-19)22-9-10-23-21-8-7-20-6-4-5-14-26(20,2)24(21)11-15-27(22,23)3/h4-5,12-13,16-17,20-24H,6-11,14-15H2,1-3H3,(H,30,31)/b29-18-/t20-,21+,22-,23+,24+,26-,27+/m0/s1. The summed E-state index contributed by atoms with van der Waals surface area (Å²) in [4.78, 5) is 16.4. The Morgan fingerprint density at radius 1 is 1.03 bits per heavy atom. The van der Waals surface area contributed by atoms with Crippen LogP contribution in [0.5, 0.6) is 0 Å². The zero-order valence-corrected chi connectivity index (χ0v) is 19.3. The molecule has 0 saturated heterocycles. The van der Waals surface area contributed by atoms with Crippen molar-refractivity contribution in [2.75, 3.05) is 0 Å². The van der Waals surface area contributed by atoms with Crippen LogP contribution in [0.2, 0.25) is 0 Å². The van der Waals surface area contributed by atoms with Crippen molar-refractivity contribution >= 4 is 11.6 Å². The number of fused-ring (bicyclic) bond motifs is 5. The van der Waals surface area contributed by atoms with Crippen molar-refractivity contribution in [3.8, 4) is 0 Å². The minimum atomic E-state index is -0.151. The molecule has 4 aliphatic rings. The van der Waals surface area contributed by atoms with Crippen LogP contribution in [0.15, 0.2) is 41.8 Å². The number of rotatable bonds is 3. The van der Waals surface area contributed by atoms with Gasteiger partial charge in [-0.3, -0.25) is 9.78 Å². The molecule has 4 heteroatoms. The van der Waals surface area contributed by atoms with Gasteiger partial charge in [0.2, 0.25) is 0 Å². The summed E-state index contributed by atoms with van der Waals surface area (Å²) in [6, 6.07) is 3.46. The number of amides is 1. The first-order chi connectivity index (χ1) is 14.9. The lowest BCUT2D eigenvalue weighted by Gasteiger charge is -2.59. The number of nitrogens with zero attached hydrogens (tertiary/aromatic N) is 2. The molecule has 4 nitrogen and oxygen atoms in total. The van der Waals surface area contributed by atoms with E-state index in [0.717, 1.165) is 29.4 Å². The lowest BCUT2D eigenvalue weighted by atomic mass is 9.45. The summed E-state index contributed by atoms with van der Waals surface area (Å²) in [5.41, 5.74) is 5.35. The minimum absolute atomic E-state index is 0.151. The Labute approximate surface area is 187 Å². The van der Waals surface area contributed by atoms with Gasteiger partial charge in [-0.25, -0.2) is 5.43 Å². The third-order valence-corrected chi connectivity index (χ3v) is 9.99. The molecule has 1 aromatic heterocycles. The van der Waals surface area contributed by atoms with Crippen molar-refractivity contribution in [1.82, 2.24) is 10.4 Å². The number of aromatic nitrogens is 1. The first-order valence-corrected chi connectivity index (χ1v) is 12.3. The first kappa shape index (κ1) is 20.9. The highest BCUT2D eigenvalue weighted by Gasteiger charge is 2.59. The number of hydrazone groups is 1. The summed E-state index contributed by atoms with van der Waals surface area (Å²) in [5.74, 6) is 3.79. The lowest BCUT2D eigenvalue weighted by molar-refractivity contribution is -0.0913. The number of hydrogen-bond donors (Lipinski definition) is 1. The molecule has 3 saturated carbocycles. The Kier molecular flexibility index (Phi) is 5.30.